The zero-order chi connectivity index (χ0) is 28.6. The van der Waals surface area contributed by atoms with E-state index >= 15 is 0 Å². The van der Waals surface area contributed by atoms with E-state index in [4.69, 9.17) is 9.47 Å². The number of nitrogens with zero attached hydrogens (tertiary/aromatic N) is 4. The first-order chi connectivity index (χ1) is 19.4. The fourth-order valence-corrected chi connectivity index (χ4v) is 6.66. The number of imidazole rings is 1. The number of carbonyl (C=O) groups excluding carboxylic acids is 2. The Kier molecular flexibility index (Phi) is 7.82. The van der Waals surface area contributed by atoms with Crippen molar-refractivity contribution in [3.63, 3.8) is 0 Å². The molecule has 4 aromatic rings. The standard InChI is InChI=1S/C30H34N4O5S/c1-6-32(7-2)16-11-17-33-24(19-12-10-15-22(38-4)27(19)39-5)23(26(36)29(33)37)25(35)28-18(3)34-21-14-9-8-13-20(21)31-30(34)40-28/h8-10,12-15,24,36H,6-7,11,16-17H2,1-5H3. The Morgan fingerprint density at radius 1 is 1.10 bits per heavy atom. The van der Waals surface area contributed by atoms with E-state index in [9.17, 15) is 14.7 Å². The summed E-state index contributed by atoms with van der Waals surface area (Å²) in [6.45, 7) is 9.01. The van der Waals surface area contributed by atoms with Crippen molar-refractivity contribution >= 4 is 39.0 Å². The van der Waals surface area contributed by atoms with Crippen LogP contribution in [0.5, 0.6) is 11.5 Å². The summed E-state index contributed by atoms with van der Waals surface area (Å²) in [7, 11) is 3.06. The molecule has 40 heavy (non-hydrogen) atoms. The van der Waals surface area contributed by atoms with Crippen molar-refractivity contribution in [1.82, 2.24) is 19.2 Å². The van der Waals surface area contributed by atoms with Gasteiger partial charge in [-0.2, -0.15) is 0 Å². The van der Waals surface area contributed by atoms with Crippen LogP contribution in [0, 0.1) is 6.92 Å². The van der Waals surface area contributed by atoms with Gasteiger partial charge in [-0.25, -0.2) is 4.98 Å². The molecule has 1 unspecified atom stereocenters. The molecule has 1 atom stereocenters. The number of hydrogen-bond acceptors (Lipinski definition) is 8. The molecule has 1 amide bonds. The Morgan fingerprint density at radius 2 is 1.85 bits per heavy atom. The van der Waals surface area contributed by atoms with Crippen molar-refractivity contribution in [2.75, 3.05) is 40.4 Å². The van der Waals surface area contributed by atoms with Gasteiger partial charge in [-0.05, 0) is 51.2 Å². The van der Waals surface area contributed by atoms with Gasteiger partial charge < -0.3 is 24.4 Å². The molecule has 5 rings (SSSR count). The molecule has 9 nitrogen and oxygen atoms in total. The highest BCUT2D eigenvalue weighted by Gasteiger charge is 2.45. The van der Waals surface area contributed by atoms with Crippen molar-refractivity contribution in [2.45, 2.75) is 33.2 Å². The summed E-state index contributed by atoms with van der Waals surface area (Å²) in [5, 5.41) is 11.2. The number of hydrogen-bond donors (Lipinski definition) is 1. The minimum Gasteiger partial charge on any atom is -0.503 e. The number of Topliss-reactive ketones (excluding diaryl/α,β-unsaturated/α-hetero) is 1. The molecule has 1 aliphatic rings. The minimum absolute atomic E-state index is 0.0382. The molecule has 0 saturated carbocycles. The zero-order valence-corrected chi connectivity index (χ0v) is 24.2. The summed E-state index contributed by atoms with van der Waals surface area (Å²) in [4.78, 5) is 37.5. The lowest BCUT2D eigenvalue weighted by Gasteiger charge is -2.29. The first-order valence-electron chi connectivity index (χ1n) is 13.4. The molecular weight excluding hydrogens is 528 g/mol. The van der Waals surface area contributed by atoms with Gasteiger partial charge in [-0.15, -0.1) is 0 Å². The Labute approximate surface area is 237 Å². The van der Waals surface area contributed by atoms with E-state index in [2.05, 4.69) is 23.7 Å². The van der Waals surface area contributed by atoms with Crippen LogP contribution in [0.2, 0.25) is 0 Å². The second-order valence-electron chi connectivity index (χ2n) is 9.69. The fraction of sp³-hybridized carbons (Fsp3) is 0.367. The highest BCUT2D eigenvalue weighted by molar-refractivity contribution is 7.19. The van der Waals surface area contributed by atoms with Crippen molar-refractivity contribution in [3.8, 4) is 11.5 Å². The van der Waals surface area contributed by atoms with Gasteiger partial charge in [0.2, 0.25) is 5.78 Å². The maximum atomic E-state index is 14.3. The molecule has 0 saturated heterocycles. The fourth-order valence-electron chi connectivity index (χ4n) is 5.57. The van der Waals surface area contributed by atoms with Crippen molar-refractivity contribution < 1.29 is 24.2 Å². The summed E-state index contributed by atoms with van der Waals surface area (Å²) < 4.78 is 13.2. The number of ketones is 1. The summed E-state index contributed by atoms with van der Waals surface area (Å²) in [5.74, 6) is -0.601. The summed E-state index contributed by atoms with van der Waals surface area (Å²) in [6.07, 6.45) is 0.683. The van der Waals surface area contributed by atoms with Gasteiger partial charge in [0.15, 0.2) is 22.2 Å². The minimum atomic E-state index is -0.840. The van der Waals surface area contributed by atoms with Crippen LogP contribution in [-0.4, -0.2) is 76.4 Å². The molecule has 3 heterocycles. The number of ether oxygens (including phenoxy) is 2. The van der Waals surface area contributed by atoms with Crippen LogP contribution in [0.25, 0.3) is 16.0 Å². The molecule has 10 heteroatoms. The highest BCUT2D eigenvalue weighted by atomic mass is 32.1. The number of amides is 1. The molecule has 0 bridgehead atoms. The lowest BCUT2D eigenvalue weighted by atomic mass is 9.94. The van der Waals surface area contributed by atoms with Gasteiger partial charge in [0.25, 0.3) is 5.91 Å². The van der Waals surface area contributed by atoms with Gasteiger partial charge in [0.1, 0.15) is 0 Å². The number of fused-ring (bicyclic) bond motifs is 3. The topological polar surface area (TPSA) is 96.6 Å². The maximum absolute atomic E-state index is 14.3. The molecule has 0 spiro atoms. The number of aromatic nitrogens is 2. The van der Waals surface area contributed by atoms with Crippen LogP contribution in [0.15, 0.2) is 53.8 Å². The van der Waals surface area contributed by atoms with E-state index in [1.54, 1.807) is 17.0 Å². The Balaban J connectivity index is 1.61. The average molecular weight is 563 g/mol. The molecule has 1 N–H and O–H groups in total. The van der Waals surface area contributed by atoms with Gasteiger partial charge in [0.05, 0.1) is 41.7 Å². The monoisotopic (exact) mass is 562 g/mol. The Bertz CT molecular complexity index is 1620. The van der Waals surface area contributed by atoms with Crippen molar-refractivity contribution in [3.05, 3.63) is 69.9 Å². The normalized spacial score (nSPS) is 15.7. The lowest BCUT2D eigenvalue weighted by Crippen LogP contribution is -2.34. The molecule has 0 aliphatic carbocycles. The van der Waals surface area contributed by atoms with Crippen LogP contribution in [-0.2, 0) is 4.79 Å². The highest BCUT2D eigenvalue weighted by Crippen LogP contribution is 2.46. The van der Waals surface area contributed by atoms with Crippen molar-refractivity contribution in [2.24, 2.45) is 0 Å². The number of carbonyl (C=O) groups is 2. The predicted molar refractivity (Wildman–Crippen MR) is 156 cm³/mol. The van der Waals surface area contributed by atoms with Crippen LogP contribution in [0.3, 0.4) is 0 Å². The predicted octanol–water partition coefficient (Wildman–Crippen LogP) is 5.18. The van der Waals surface area contributed by atoms with Gasteiger partial charge in [-0.1, -0.05) is 49.4 Å². The number of aryl methyl sites for hydroxylation is 1. The lowest BCUT2D eigenvalue weighted by molar-refractivity contribution is -0.129. The van der Waals surface area contributed by atoms with Crippen molar-refractivity contribution in [1.29, 1.82) is 0 Å². The first kappa shape index (κ1) is 27.7. The van der Waals surface area contributed by atoms with E-state index < -0.39 is 23.5 Å². The van der Waals surface area contributed by atoms with E-state index in [-0.39, 0.29) is 5.57 Å². The average Bonchev–Trinajstić information content (AvgIpc) is 3.58. The molecule has 210 valence electrons. The number of aliphatic hydroxyl groups excluding tert-OH is 1. The van der Waals surface area contributed by atoms with Gasteiger partial charge in [0, 0.05) is 17.8 Å². The second kappa shape index (κ2) is 11.3. The summed E-state index contributed by atoms with van der Waals surface area (Å²) in [5.41, 5.74) is 3.07. The second-order valence-corrected chi connectivity index (χ2v) is 10.7. The van der Waals surface area contributed by atoms with Crippen LogP contribution in [0.4, 0.5) is 0 Å². The van der Waals surface area contributed by atoms with Gasteiger partial charge in [-0.3, -0.25) is 14.0 Å². The summed E-state index contributed by atoms with van der Waals surface area (Å²) in [6, 6.07) is 12.3. The van der Waals surface area contributed by atoms with Crippen LogP contribution < -0.4 is 9.47 Å². The van der Waals surface area contributed by atoms with Crippen LogP contribution >= 0.6 is 11.3 Å². The Morgan fingerprint density at radius 3 is 2.55 bits per heavy atom. The van der Waals surface area contributed by atoms with Gasteiger partial charge >= 0.3 is 0 Å². The Hall–Kier alpha value is -3.89. The smallest absolute Gasteiger partial charge is 0.290 e. The number of benzene rings is 2. The molecule has 0 radical (unpaired) electrons. The number of para-hydroxylation sites is 3. The first-order valence-corrected chi connectivity index (χ1v) is 14.3. The quantitative estimate of drug-likeness (QED) is 0.252. The SMILES string of the molecule is CCN(CC)CCCN1C(=O)C(O)=C(C(=O)c2sc3nc4ccccc4n3c2C)C1c1cccc(OC)c1OC. The molecule has 2 aromatic carbocycles. The van der Waals surface area contributed by atoms with E-state index in [0.29, 0.717) is 45.6 Å². The molecule has 2 aromatic heterocycles. The molecule has 1 aliphatic heterocycles. The largest absolute Gasteiger partial charge is 0.503 e. The number of methoxy groups -OCH3 is 2. The number of aliphatic hydroxyl groups is 1. The molecule has 0 fully saturated rings. The molecular formula is C30H34N4O5S. The summed E-state index contributed by atoms with van der Waals surface area (Å²) >= 11 is 1.26. The zero-order valence-electron chi connectivity index (χ0n) is 23.4. The third kappa shape index (κ3) is 4.50. The third-order valence-corrected chi connectivity index (χ3v) is 8.78. The maximum Gasteiger partial charge on any atom is 0.290 e. The number of thiazole rings is 1. The van der Waals surface area contributed by atoms with E-state index in [1.807, 2.05) is 41.7 Å². The number of rotatable bonds is 11. The van der Waals surface area contributed by atoms with E-state index in [0.717, 1.165) is 30.7 Å². The van der Waals surface area contributed by atoms with Crippen LogP contribution in [0.1, 0.15) is 47.2 Å². The van der Waals surface area contributed by atoms with E-state index in [1.165, 1.54) is 25.6 Å². The third-order valence-electron chi connectivity index (χ3n) is 7.64.